The molecule has 4 N–H and O–H groups in total. The topological polar surface area (TPSA) is 106 Å². The number of nitrogens with two attached hydrogens (primary N) is 2. The minimum absolute atomic E-state index is 0.0646. The fraction of sp³-hybridized carbons (Fsp3) is 0.462. The number of hydrogen-bond acceptors (Lipinski definition) is 4. The van der Waals surface area contributed by atoms with Gasteiger partial charge in [0.15, 0.2) is 0 Å². The van der Waals surface area contributed by atoms with E-state index in [2.05, 4.69) is 0 Å². The molecular weight excluding hydrogens is 278 g/mol. The number of amides is 1. The lowest BCUT2D eigenvalue weighted by Crippen LogP contribution is -2.27. The summed E-state index contributed by atoms with van der Waals surface area (Å²) < 4.78 is 22.2. The molecule has 1 aromatic carbocycles. The average Bonchev–Trinajstić information content (AvgIpc) is 2.69. The Labute approximate surface area is 118 Å². The van der Waals surface area contributed by atoms with Crippen LogP contribution in [0.2, 0.25) is 0 Å². The van der Waals surface area contributed by atoms with Gasteiger partial charge in [-0.1, -0.05) is 12.1 Å². The largest absolute Gasteiger partial charge is 0.330 e. The summed E-state index contributed by atoms with van der Waals surface area (Å²) in [6, 6.07) is 7.59. The Morgan fingerprint density at radius 2 is 1.90 bits per heavy atom. The minimum Gasteiger partial charge on any atom is -0.330 e. The quantitative estimate of drug-likeness (QED) is 0.786. The summed E-state index contributed by atoms with van der Waals surface area (Å²) in [4.78, 5) is 13.6. The summed E-state index contributed by atoms with van der Waals surface area (Å²) >= 11 is 0. The molecule has 0 spiro atoms. The van der Waals surface area contributed by atoms with Gasteiger partial charge in [-0.2, -0.15) is 0 Å². The predicted octanol–water partition coefficient (Wildman–Crippen LogP) is -0.171. The van der Waals surface area contributed by atoms with E-state index in [0.717, 1.165) is 17.7 Å². The summed E-state index contributed by atoms with van der Waals surface area (Å²) in [7, 11) is -3.54. The van der Waals surface area contributed by atoms with Crippen LogP contribution < -0.4 is 15.8 Å². The van der Waals surface area contributed by atoms with Crippen LogP contribution in [0.1, 0.15) is 12.0 Å². The molecule has 0 bridgehead atoms. The molecular formula is C13H19N3O3S. The van der Waals surface area contributed by atoms with E-state index in [1.165, 1.54) is 0 Å². The highest BCUT2D eigenvalue weighted by atomic mass is 32.2. The van der Waals surface area contributed by atoms with E-state index < -0.39 is 10.0 Å². The van der Waals surface area contributed by atoms with E-state index in [-0.39, 0.29) is 24.0 Å². The van der Waals surface area contributed by atoms with Gasteiger partial charge in [0.2, 0.25) is 15.9 Å². The molecule has 2 rings (SSSR count). The number of hydrogen-bond donors (Lipinski definition) is 2. The highest BCUT2D eigenvalue weighted by Gasteiger charge is 2.32. The number of nitrogens with zero attached hydrogens (tertiary/aromatic N) is 1. The van der Waals surface area contributed by atoms with Crippen molar-refractivity contribution in [3.05, 3.63) is 29.8 Å². The van der Waals surface area contributed by atoms with Gasteiger partial charge in [-0.25, -0.2) is 13.6 Å². The van der Waals surface area contributed by atoms with Gasteiger partial charge in [-0.3, -0.25) is 4.79 Å². The predicted molar refractivity (Wildman–Crippen MR) is 77.6 cm³/mol. The zero-order valence-electron chi connectivity index (χ0n) is 11.2. The molecule has 7 heteroatoms. The van der Waals surface area contributed by atoms with Gasteiger partial charge < -0.3 is 10.6 Å². The number of primary sulfonamides is 1. The molecule has 1 fully saturated rings. The molecule has 1 heterocycles. The Morgan fingerprint density at radius 3 is 2.45 bits per heavy atom. The number of benzene rings is 1. The van der Waals surface area contributed by atoms with E-state index in [1.54, 1.807) is 4.90 Å². The van der Waals surface area contributed by atoms with Crippen molar-refractivity contribution in [2.45, 2.75) is 12.8 Å². The van der Waals surface area contributed by atoms with Gasteiger partial charge >= 0.3 is 0 Å². The second-order valence-corrected chi connectivity index (χ2v) is 6.77. The van der Waals surface area contributed by atoms with E-state index in [4.69, 9.17) is 10.9 Å². The first kappa shape index (κ1) is 15.0. The highest BCUT2D eigenvalue weighted by Crippen LogP contribution is 2.26. The van der Waals surface area contributed by atoms with Gasteiger partial charge in [-0.15, -0.1) is 0 Å². The van der Waals surface area contributed by atoms with Crippen LogP contribution in [0.5, 0.6) is 0 Å². The van der Waals surface area contributed by atoms with Gasteiger partial charge in [0, 0.05) is 24.6 Å². The van der Waals surface area contributed by atoms with Crippen LogP contribution in [0.25, 0.3) is 0 Å². The van der Waals surface area contributed by atoms with E-state index in [9.17, 15) is 13.2 Å². The maximum atomic E-state index is 12.0. The van der Waals surface area contributed by atoms with Gasteiger partial charge in [0.25, 0.3) is 0 Å². The van der Waals surface area contributed by atoms with Crippen molar-refractivity contribution in [2.75, 3.05) is 23.7 Å². The number of carbonyl (C=O) groups is 1. The van der Waals surface area contributed by atoms with Crippen molar-refractivity contribution in [3.63, 3.8) is 0 Å². The highest BCUT2D eigenvalue weighted by molar-refractivity contribution is 7.89. The SMILES string of the molecule is NCCc1ccc(N2CC(CS(N)(=O)=O)CC2=O)cc1. The summed E-state index contributed by atoms with van der Waals surface area (Å²) in [5.74, 6) is -0.452. The molecule has 1 unspecified atom stereocenters. The van der Waals surface area contributed by atoms with Crippen molar-refractivity contribution in [2.24, 2.45) is 16.8 Å². The fourth-order valence-electron chi connectivity index (χ4n) is 2.48. The monoisotopic (exact) mass is 297 g/mol. The zero-order valence-corrected chi connectivity index (χ0v) is 12.0. The van der Waals surface area contributed by atoms with Crippen molar-refractivity contribution >= 4 is 21.6 Å². The van der Waals surface area contributed by atoms with Crippen LogP contribution in [0.3, 0.4) is 0 Å². The van der Waals surface area contributed by atoms with Crippen LogP contribution in [0, 0.1) is 5.92 Å². The third-order valence-electron chi connectivity index (χ3n) is 3.35. The summed E-state index contributed by atoms with van der Waals surface area (Å²) in [6.07, 6.45) is 1.02. The molecule has 6 nitrogen and oxygen atoms in total. The second kappa shape index (κ2) is 5.90. The van der Waals surface area contributed by atoms with Crippen molar-refractivity contribution in [1.29, 1.82) is 0 Å². The Kier molecular flexibility index (Phi) is 4.42. The Hall–Kier alpha value is -1.44. The van der Waals surface area contributed by atoms with Crippen LogP contribution in [0.15, 0.2) is 24.3 Å². The number of anilines is 1. The summed E-state index contributed by atoms with van der Waals surface area (Å²) in [6.45, 7) is 0.976. The second-order valence-electron chi connectivity index (χ2n) is 5.11. The molecule has 0 radical (unpaired) electrons. The molecule has 1 aliphatic rings. The fourth-order valence-corrected chi connectivity index (χ4v) is 3.36. The van der Waals surface area contributed by atoms with Crippen LogP contribution in [0.4, 0.5) is 5.69 Å². The Bertz CT molecular complexity index is 583. The van der Waals surface area contributed by atoms with Crippen LogP contribution in [-0.4, -0.2) is 33.2 Å². The minimum atomic E-state index is -3.54. The van der Waals surface area contributed by atoms with Crippen molar-refractivity contribution < 1.29 is 13.2 Å². The number of carbonyl (C=O) groups excluding carboxylic acids is 1. The molecule has 1 atom stereocenters. The van der Waals surface area contributed by atoms with E-state index in [0.29, 0.717) is 13.1 Å². The van der Waals surface area contributed by atoms with Crippen LogP contribution in [-0.2, 0) is 21.2 Å². The molecule has 0 aromatic heterocycles. The average molecular weight is 297 g/mol. The molecule has 1 amide bonds. The smallest absolute Gasteiger partial charge is 0.227 e. The first-order valence-corrected chi connectivity index (χ1v) is 8.20. The molecule has 20 heavy (non-hydrogen) atoms. The van der Waals surface area contributed by atoms with Crippen molar-refractivity contribution in [1.82, 2.24) is 0 Å². The van der Waals surface area contributed by atoms with Gasteiger partial charge in [-0.05, 0) is 30.7 Å². The lowest BCUT2D eigenvalue weighted by molar-refractivity contribution is -0.117. The van der Waals surface area contributed by atoms with Gasteiger partial charge in [0.1, 0.15) is 0 Å². The number of rotatable bonds is 5. The van der Waals surface area contributed by atoms with Crippen LogP contribution >= 0.6 is 0 Å². The lowest BCUT2D eigenvalue weighted by atomic mass is 10.1. The third-order valence-corrected chi connectivity index (χ3v) is 4.29. The third kappa shape index (κ3) is 3.78. The molecule has 1 saturated heterocycles. The lowest BCUT2D eigenvalue weighted by Gasteiger charge is -2.17. The number of sulfonamides is 1. The molecule has 1 aromatic rings. The first-order chi connectivity index (χ1) is 9.39. The standard InChI is InChI=1S/C13H19N3O3S/c14-6-5-10-1-3-12(4-2-10)16-8-11(7-13(16)17)9-20(15,18)19/h1-4,11H,5-9,14H2,(H2,15,18,19). The molecule has 0 saturated carbocycles. The molecule has 0 aliphatic carbocycles. The summed E-state index contributed by atoms with van der Waals surface area (Å²) in [5, 5.41) is 5.03. The zero-order chi connectivity index (χ0) is 14.8. The van der Waals surface area contributed by atoms with Crippen molar-refractivity contribution in [3.8, 4) is 0 Å². The molecule has 1 aliphatic heterocycles. The molecule has 110 valence electrons. The van der Waals surface area contributed by atoms with E-state index >= 15 is 0 Å². The first-order valence-electron chi connectivity index (χ1n) is 6.49. The van der Waals surface area contributed by atoms with Gasteiger partial charge in [0.05, 0.1) is 5.75 Å². The maximum absolute atomic E-state index is 12.0. The Morgan fingerprint density at radius 1 is 1.25 bits per heavy atom. The van der Waals surface area contributed by atoms with E-state index in [1.807, 2.05) is 24.3 Å². The maximum Gasteiger partial charge on any atom is 0.227 e. The summed E-state index contributed by atoms with van der Waals surface area (Å²) in [5.41, 5.74) is 7.39. The Balaban J connectivity index is 2.07. The normalized spacial score (nSPS) is 19.6.